The van der Waals surface area contributed by atoms with Crippen LogP contribution in [0.1, 0.15) is 67.2 Å². The van der Waals surface area contributed by atoms with Crippen LogP contribution in [0.15, 0.2) is 34.4 Å². The van der Waals surface area contributed by atoms with Crippen molar-refractivity contribution in [3.05, 3.63) is 46.6 Å². The molecule has 0 saturated heterocycles. The van der Waals surface area contributed by atoms with Crippen LogP contribution in [-0.4, -0.2) is 0 Å². The van der Waals surface area contributed by atoms with Gasteiger partial charge in [0.1, 0.15) is 0 Å². The van der Waals surface area contributed by atoms with Gasteiger partial charge in [-0.1, -0.05) is 79.1 Å². The van der Waals surface area contributed by atoms with E-state index in [-0.39, 0.29) is 50.7 Å². The topological polar surface area (TPSA) is 0 Å². The molecule has 0 aromatic carbocycles. The maximum Gasteiger partial charge on any atom is 4.00 e. The average molecular weight is 520 g/mol. The van der Waals surface area contributed by atoms with E-state index in [4.69, 9.17) is 0 Å². The van der Waals surface area contributed by atoms with Crippen LogP contribution in [0.4, 0.5) is 0 Å². The molecule has 0 heterocycles. The Morgan fingerprint density at radius 3 is 1.22 bits per heavy atom. The minimum absolute atomic E-state index is 0. The van der Waals surface area contributed by atoms with Crippen LogP contribution in [0.25, 0.3) is 0 Å². The maximum absolute atomic E-state index is 3.42. The molecule has 2 aliphatic rings. The second-order valence-corrected chi connectivity index (χ2v) is 6.20. The fourth-order valence-corrected chi connectivity index (χ4v) is 2.30. The molecule has 128 valence electrons. The predicted octanol–water partition coefficient (Wildman–Crippen LogP) is 0.230. The summed E-state index contributed by atoms with van der Waals surface area (Å²) in [5.74, 6) is 1.31. The molecule has 0 radical (unpaired) electrons. The molecule has 0 unspecified atom stereocenters. The molecule has 0 aromatic heterocycles. The minimum Gasteiger partial charge on any atom is -1.00 e. The van der Waals surface area contributed by atoms with Crippen LogP contribution in [0.3, 0.4) is 0 Å². The van der Waals surface area contributed by atoms with Gasteiger partial charge in [-0.2, -0.15) is 11.1 Å². The van der Waals surface area contributed by atoms with Crippen molar-refractivity contribution < 1.29 is 50.7 Å². The van der Waals surface area contributed by atoms with Crippen molar-refractivity contribution in [2.45, 2.75) is 67.2 Å². The molecule has 3 heteroatoms. The molecule has 0 saturated carbocycles. The largest absolute Gasteiger partial charge is 4.00 e. The standard InChI is InChI=1S/2C10H15.2ClH.Hf/c2*1-4-9-5-6-10(7-9)8(2)3;;;/h2*6,8H,4-5H2,1-3H3;2*1H;/q2*-1;;;+4/p-2. The first-order valence-corrected chi connectivity index (χ1v) is 8.11. The van der Waals surface area contributed by atoms with E-state index in [1.54, 1.807) is 0 Å². The van der Waals surface area contributed by atoms with E-state index in [1.807, 2.05) is 0 Å². The Labute approximate surface area is 175 Å². The van der Waals surface area contributed by atoms with E-state index >= 15 is 0 Å². The van der Waals surface area contributed by atoms with Gasteiger partial charge in [0.05, 0.1) is 0 Å². The molecule has 0 fully saturated rings. The summed E-state index contributed by atoms with van der Waals surface area (Å²) >= 11 is 0. The van der Waals surface area contributed by atoms with Crippen molar-refractivity contribution in [3.63, 3.8) is 0 Å². The molecule has 0 bridgehead atoms. The third-order valence-corrected chi connectivity index (χ3v) is 3.88. The zero-order valence-electron chi connectivity index (χ0n) is 15.4. The SMILES string of the molecule is CCC1=[C-]C(C(C)C)=CC1.CCC1=[C-]C(C(C)C)=CC1.[Cl-].[Cl-].[Hf+4]. The van der Waals surface area contributed by atoms with Gasteiger partial charge in [0, 0.05) is 0 Å². The first-order valence-electron chi connectivity index (χ1n) is 8.11. The van der Waals surface area contributed by atoms with Gasteiger partial charge >= 0.3 is 25.8 Å². The Morgan fingerprint density at radius 1 is 0.783 bits per heavy atom. The van der Waals surface area contributed by atoms with Crippen molar-refractivity contribution in [1.82, 2.24) is 0 Å². The third-order valence-electron chi connectivity index (χ3n) is 3.88. The van der Waals surface area contributed by atoms with Gasteiger partial charge in [0.25, 0.3) is 0 Å². The Kier molecular flexibility index (Phi) is 18.1. The third kappa shape index (κ3) is 10.1. The van der Waals surface area contributed by atoms with E-state index in [0.29, 0.717) is 11.8 Å². The van der Waals surface area contributed by atoms with Crippen molar-refractivity contribution in [2.24, 2.45) is 11.8 Å². The summed E-state index contributed by atoms with van der Waals surface area (Å²) in [6, 6.07) is 0. The summed E-state index contributed by atoms with van der Waals surface area (Å²) in [5, 5.41) is 0. The summed E-state index contributed by atoms with van der Waals surface area (Å²) in [5.41, 5.74) is 5.72. The van der Waals surface area contributed by atoms with Gasteiger partial charge in [0.15, 0.2) is 0 Å². The van der Waals surface area contributed by atoms with Crippen LogP contribution in [-0.2, 0) is 25.8 Å². The van der Waals surface area contributed by atoms with Crippen LogP contribution in [0, 0.1) is 24.0 Å². The van der Waals surface area contributed by atoms with Crippen molar-refractivity contribution in [1.29, 1.82) is 0 Å². The summed E-state index contributed by atoms with van der Waals surface area (Å²) in [4.78, 5) is 0. The minimum atomic E-state index is 0. The fraction of sp³-hybridized carbons (Fsp3) is 0.600. The number of hydrogen-bond acceptors (Lipinski definition) is 0. The molecular weight excluding hydrogens is 490 g/mol. The van der Waals surface area contributed by atoms with Gasteiger partial charge in [-0.15, -0.1) is 0 Å². The summed E-state index contributed by atoms with van der Waals surface area (Å²) in [6.07, 6.45) is 16.0. The molecule has 2 rings (SSSR count). The average Bonchev–Trinajstić information content (AvgIpc) is 3.08. The van der Waals surface area contributed by atoms with Crippen LogP contribution in [0.2, 0.25) is 0 Å². The molecule has 23 heavy (non-hydrogen) atoms. The first-order chi connectivity index (χ1) is 9.47. The Bertz CT molecular complexity index is 399. The molecule has 0 amide bonds. The molecule has 0 atom stereocenters. The van der Waals surface area contributed by atoms with E-state index in [2.05, 4.69) is 65.8 Å². The van der Waals surface area contributed by atoms with E-state index < -0.39 is 0 Å². The summed E-state index contributed by atoms with van der Waals surface area (Å²) in [7, 11) is 0. The predicted molar refractivity (Wildman–Crippen MR) is 89.2 cm³/mol. The van der Waals surface area contributed by atoms with Crippen LogP contribution >= 0.6 is 0 Å². The second-order valence-electron chi connectivity index (χ2n) is 6.20. The van der Waals surface area contributed by atoms with Gasteiger partial charge < -0.3 is 24.8 Å². The van der Waals surface area contributed by atoms with Crippen molar-refractivity contribution in [3.8, 4) is 0 Å². The van der Waals surface area contributed by atoms with Gasteiger partial charge in [-0.05, 0) is 0 Å². The van der Waals surface area contributed by atoms with Crippen LogP contribution < -0.4 is 24.8 Å². The number of allylic oxidation sites excluding steroid dienone is 8. The van der Waals surface area contributed by atoms with Crippen LogP contribution in [0.5, 0.6) is 0 Å². The number of rotatable bonds is 4. The Balaban J connectivity index is -0.000000308. The van der Waals surface area contributed by atoms with Crippen molar-refractivity contribution in [2.75, 3.05) is 0 Å². The molecule has 0 nitrogen and oxygen atoms in total. The molecule has 0 spiro atoms. The molecule has 2 aliphatic carbocycles. The van der Waals surface area contributed by atoms with Crippen molar-refractivity contribution >= 4 is 0 Å². The smallest absolute Gasteiger partial charge is 1.00 e. The molecular formula is C20H30Cl2Hf. The number of hydrogen-bond donors (Lipinski definition) is 0. The zero-order chi connectivity index (χ0) is 15.1. The maximum atomic E-state index is 3.42. The Morgan fingerprint density at radius 2 is 1.09 bits per heavy atom. The Hall–Kier alpha value is 0.410. The van der Waals surface area contributed by atoms with E-state index in [0.717, 1.165) is 25.7 Å². The quantitative estimate of drug-likeness (QED) is 0.369. The number of halogens is 2. The first kappa shape index (κ1) is 28.2. The zero-order valence-corrected chi connectivity index (χ0v) is 20.5. The van der Waals surface area contributed by atoms with E-state index in [1.165, 1.54) is 22.3 Å². The fourth-order valence-electron chi connectivity index (χ4n) is 2.30. The van der Waals surface area contributed by atoms with Gasteiger partial charge in [-0.25, -0.2) is 35.5 Å². The molecule has 0 aromatic rings. The normalized spacial score (nSPS) is 15.3. The van der Waals surface area contributed by atoms with Gasteiger partial charge in [0.2, 0.25) is 0 Å². The molecule has 0 N–H and O–H groups in total. The second kappa shape index (κ2) is 14.7. The van der Waals surface area contributed by atoms with Gasteiger partial charge in [-0.3, -0.25) is 0 Å². The summed E-state index contributed by atoms with van der Waals surface area (Å²) < 4.78 is 0. The monoisotopic (exact) mass is 520 g/mol. The van der Waals surface area contributed by atoms with E-state index in [9.17, 15) is 0 Å². The summed E-state index contributed by atoms with van der Waals surface area (Å²) in [6.45, 7) is 13.3. The molecule has 0 aliphatic heterocycles.